The molecule has 2 saturated carbocycles. The van der Waals surface area contributed by atoms with E-state index < -0.39 is 18.2 Å². The number of aliphatic hydroxyl groups is 2. The molecule has 5 unspecified atom stereocenters. The molecule has 0 radical (unpaired) electrons. The molecule has 2 fully saturated rings. The van der Waals surface area contributed by atoms with Crippen LogP contribution in [0.15, 0.2) is 5.16 Å². The number of carboxylic acids is 1. The predicted molar refractivity (Wildman–Crippen MR) is 93.9 cm³/mol. The van der Waals surface area contributed by atoms with Crippen molar-refractivity contribution in [2.24, 2.45) is 22.9 Å². The van der Waals surface area contributed by atoms with E-state index in [4.69, 9.17) is 9.94 Å². The van der Waals surface area contributed by atoms with Gasteiger partial charge in [0.05, 0.1) is 17.7 Å². The van der Waals surface area contributed by atoms with E-state index in [1.165, 1.54) is 0 Å². The van der Waals surface area contributed by atoms with E-state index >= 15 is 0 Å². The van der Waals surface area contributed by atoms with Gasteiger partial charge in [0.2, 0.25) is 0 Å². The zero-order valence-corrected chi connectivity index (χ0v) is 14.9. The predicted octanol–water partition coefficient (Wildman–Crippen LogP) is 2.19. The Labute approximate surface area is 149 Å². The fraction of sp³-hybridized carbons (Fsp3) is 0.789. The van der Waals surface area contributed by atoms with Gasteiger partial charge in [-0.3, -0.25) is 4.79 Å². The molecule has 3 N–H and O–H groups in total. The highest BCUT2D eigenvalue weighted by molar-refractivity contribution is 5.93. The summed E-state index contributed by atoms with van der Waals surface area (Å²) in [5.74, 6) is 5.54. The van der Waals surface area contributed by atoms with Gasteiger partial charge in [-0.25, -0.2) is 0 Å². The number of carbonyl (C=O) groups is 1. The molecule has 5 atom stereocenters. The highest BCUT2D eigenvalue weighted by Gasteiger charge is 2.51. The van der Waals surface area contributed by atoms with Crippen LogP contribution in [0.2, 0.25) is 0 Å². The van der Waals surface area contributed by atoms with Crippen molar-refractivity contribution >= 4 is 11.7 Å². The van der Waals surface area contributed by atoms with Crippen LogP contribution in [-0.2, 0) is 9.63 Å². The highest BCUT2D eigenvalue weighted by atomic mass is 16.6. The summed E-state index contributed by atoms with van der Waals surface area (Å²) in [6.07, 6.45) is 4.69. The Hall–Kier alpha value is -1.58. The number of rotatable bonds is 9. The van der Waals surface area contributed by atoms with Crippen LogP contribution in [-0.4, -0.2) is 45.8 Å². The molecule has 25 heavy (non-hydrogen) atoms. The highest BCUT2D eigenvalue weighted by Crippen LogP contribution is 2.48. The van der Waals surface area contributed by atoms with E-state index in [-0.39, 0.29) is 24.2 Å². The number of hydrogen-bond donors (Lipinski definition) is 3. The molecule has 6 heteroatoms. The van der Waals surface area contributed by atoms with Gasteiger partial charge < -0.3 is 20.2 Å². The van der Waals surface area contributed by atoms with Gasteiger partial charge in [0.1, 0.15) is 12.7 Å². The van der Waals surface area contributed by atoms with Crippen LogP contribution in [0.1, 0.15) is 58.3 Å². The zero-order valence-electron chi connectivity index (χ0n) is 14.9. The largest absolute Gasteiger partial charge is 0.481 e. The van der Waals surface area contributed by atoms with Crippen molar-refractivity contribution in [3.8, 4) is 11.8 Å². The second kappa shape index (κ2) is 9.79. The van der Waals surface area contributed by atoms with Crippen LogP contribution in [0.25, 0.3) is 0 Å². The van der Waals surface area contributed by atoms with Crippen LogP contribution in [0.4, 0.5) is 0 Å². The molecule has 0 saturated heterocycles. The Balaban J connectivity index is 1.76. The molecule has 0 heterocycles. The maximum Gasteiger partial charge on any atom is 0.303 e. The third-order valence-electron chi connectivity index (χ3n) is 5.07. The second-order valence-corrected chi connectivity index (χ2v) is 7.02. The van der Waals surface area contributed by atoms with Crippen molar-refractivity contribution in [1.82, 2.24) is 0 Å². The first kappa shape index (κ1) is 19.7. The lowest BCUT2D eigenvalue weighted by molar-refractivity contribution is -0.137. The Morgan fingerprint density at radius 2 is 2.20 bits per heavy atom. The summed E-state index contributed by atoms with van der Waals surface area (Å²) >= 11 is 0. The van der Waals surface area contributed by atoms with Crippen molar-refractivity contribution in [3.05, 3.63) is 0 Å². The van der Waals surface area contributed by atoms with Crippen molar-refractivity contribution in [2.75, 3.05) is 6.61 Å². The first-order valence-electron chi connectivity index (χ1n) is 9.30. The number of hydrogen-bond acceptors (Lipinski definition) is 5. The number of nitrogens with zero attached hydrogens (tertiary/aromatic N) is 1. The number of aliphatic hydroxyl groups excluding tert-OH is 2. The summed E-state index contributed by atoms with van der Waals surface area (Å²) in [4.78, 5) is 15.6. The topological polar surface area (TPSA) is 99.4 Å². The van der Waals surface area contributed by atoms with Gasteiger partial charge in [-0.05, 0) is 38.0 Å². The summed E-state index contributed by atoms with van der Waals surface area (Å²) in [6, 6.07) is 0. The minimum absolute atomic E-state index is 0.0772. The third-order valence-corrected chi connectivity index (χ3v) is 5.07. The van der Waals surface area contributed by atoms with E-state index in [0.29, 0.717) is 25.9 Å². The minimum Gasteiger partial charge on any atom is -0.481 e. The van der Waals surface area contributed by atoms with Gasteiger partial charge in [-0.2, -0.15) is 0 Å². The zero-order chi connectivity index (χ0) is 18.2. The lowest BCUT2D eigenvalue weighted by Crippen LogP contribution is -2.36. The number of fused-ring (bicyclic) bond motifs is 1. The molecule has 2 aliphatic rings. The molecule has 0 aromatic carbocycles. The Morgan fingerprint density at radius 1 is 1.40 bits per heavy atom. The average molecular weight is 351 g/mol. The lowest BCUT2D eigenvalue weighted by atomic mass is 9.71. The summed E-state index contributed by atoms with van der Waals surface area (Å²) in [5.41, 5.74) is 0.937. The first-order valence-corrected chi connectivity index (χ1v) is 9.30. The molecule has 0 amide bonds. The van der Waals surface area contributed by atoms with E-state index in [0.717, 1.165) is 31.4 Å². The van der Waals surface area contributed by atoms with Gasteiger partial charge >= 0.3 is 5.97 Å². The summed E-state index contributed by atoms with van der Waals surface area (Å²) in [5, 5.41) is 32.8. The second-order valence-electron chi connectivity index (χ2n) is 7.02. The monoisotopic (exact) mass is 351 g/mol. The molecule has 0 aromatic heterocycles. The Kier molecular flexibility index (Phi) is 7.73. The first-order chi connectivity index (χ1) is 12.0. The SMILES string of the molecule is CCCCCC(O)C#CC1C(O)CC2C(=NOCCCC(=O)O)CC21. The van der Waals surface area contributed by atoms with E-state index in [1.807, 2.05) is 0 Å². The molecular formula is C19H29NO5. The summed E-state index contributed by atoms with van der Waals surface area (Å²) in [6.45, 7) is 2.42. The third kappa shape index (κ3) is 5.72. The smallest absolute Gasteiger partial charge is 0.303 e. The molecule has 0 spiro atoms. The average Bonchev–Trinajstić information content (AvgIpc) is 2.80. The molecular weight excluding hydrogens is 322 g/mol. The van der Waals surface area contributed by atoms with Gasteiger partial charge in [-0.15, -0.1) is 0 Å². The van der Waals surface area contributed by atoms with Crippen LogP contribution in [0, 0.1) is 29.6 Å². The molecule has 0 bridgehead atoms. The van der Waals surface area contributed by atoms with Crippen molar-refractivity contribution in [1.29, 1.82) is 0 Å². The van der Waals surface area contributed by atoms with Crippen LogP contribution < -0.4 is 0 Å². The van der Waals surface area contributed by atoms with E-state index in [2.05, 4.69) is 23.9 Å². The van der Waals surface area contributed by atoms with Gasteiger partial charge in [0.25, 0.3) is 0 Å². The maximum absolute atomic E-state index is 10.4. The molecule has 2 rings (SSSR count). The van der Waals surface area contributed by atoms with E-state index in [9.17, 15) is 15.0 Å². The van der Waals surface area contributed by atoms with Crippen LogP contribution in [0.3, 0.4) is 0 Å². The molecule has 140 valence electrons. The number of unbranched alkanes of at least 4 members (excludes halogenated alkanes) is 2. The fourth-order valence-corrected chi connectivity index (χ4v) is 3.58. The summed E-state index contributed by atoms with van der Waals surface area (Å²) < 4.78 is 0. The van der Waals surface area contributed by atoms with Crippen LogP contribution in [0.5, 0.6) is 0 Å². The van der Waals surface area contributed by atoms with E-state index in [1.54, 1.807) is 0 Å². The maximum atomic E-state index is 10.4. The van der Waals surface area contributed by atoms with Crippen molar-refractivity contribution in [3.63, 3.8) is 0 Å². The fourth-order valence-electron chi connectivity index (χ4n) is 3.58. The van der Waals surface area contributed by atoms with Gasteiger partial charge in [0, 0.05) is 12.3 Å². The van der Waals surface area contributed by atoms with Crippen molar-refractivity contribution in [2.45, 2.75) is 70.5 Å². The minimum atomic E-state index is -0.836. The standard InChI is InChI=1S/C19H29NO5/c1-2-3-4-6-13(21)8-9-14-15-11-17(16(15)12-18(14)22)20-25-10-5-7-19(23)24/h13-16,18,21-22H,2-7,10-12H2,1H3,(H,23,24). The molecule has 2 aliphatic carbocycles. The Bertz CT molecular complexity index is 536. The molecule has 0 aromatic rings. The van der Waals surface area contributed by atoms with Crippen LogP contribution >= 0.6 is 0 Å². The molecule has 6 nitrogen and oxygen atoms in total. The normalized spacial score (nSPS) is 30.1. The summed E-state index contributed by atoms with van der Waals surface area (Å²) in [7, 11) is 0. The van der Waals surface area contributed by atoms with Gasteiger partial charge in [-0.1, -0.05) is 36.8 Å². The van der Waals surface area contributed by atoms with Crippen molar-refractivity contribution < 1.29 is 25.0 Å². The lowest BCUT2D eigenvalue weighted by Gasteiger charge is -2.33. The molecule has 0 aliphatic heterocycles. The van der Waals surface area contributed by atoms with Gasteiger partial charge in [0.15, 0.2) is 0 Å². The quantitative estimate of drug-likeness (QED) is 0.336. The Morgan fingerprint density at radius 3 is 2.92 bits per heavy atom. The number of aliphatic carboxylic acids is 1. The number of carboxylic acid groups (broad SMARTS) is 1. The number of oxime groups is 1.